The van der Waals surface area contributed by atoms with Crippen molar-refractivity contribution < 1.29 is 37.0 Å². The molecule has 6 nitrogen and oxygen atoms in total. The van der Waals surface area contributed by atoms with E-state index in [0.29, 0.717) is 18.3 Å². The summed E-state index contributed by atoms with van der Waals surface area (Å²) in [6.45, 7) is 3.93. The molecule has 9 heteroatoms. The maximum Gasteiger partial charge on any atom is 0.416 e. The van der Waals surface area contributed by atoms with E-state index < -0.39 is 29.7 Å². The highest BCUT2D eigenvalue weighted by atomic mass is 19.4. The van der Waals surface area contributed by atoms with Crippen molar-refractivity contribution in [3.8, 4) is 5.75 Å². The quantitative estimate of drug-likeness (QED) is 0.286. The second-order valence-electron chi connectivity index (χ2n) is 12.0. The Morgan fingerprint density at radius 2 is 1.70 bits per heavy atom. The van der Waals surface area contributed by atoms with E-state index in [1.807, 2.05) is 0 Å². The summed E-state index contributed by atoms with van der Waals surface area (Å²) in [4.78, 5) is 26.4. The van der Waals surface area contributed by atoms with Crippen LogP contribution in [0.1, 0.15) is 60.8 Å². The highest BCUT2D eigenvalue weighted by Gasteiger charge is 2.61. The molecule has 4 aliphatic carbocycles. The second kappa shape index (κ2) is 10.7. The Labute approximate surface area is 232 Å². The van der Waals surface area contributed by atoms with Crippen LogP contribution in [0.5, 0.6) is 5.75 Å². The van der Waals surface area contributed by atoms with E-state index in [-0.39, 0.29) is 36.0 Å². The molecule has 0 saturated heterocycles. The molecule has 1 N–H and O–H groups in total. The van der Waals surface area contributed by atoms with Gasteiger partial charge in [0.25, 0.3) is 5.91 Å². The van der Waals surface area contributed by atoms with Crippen LogP contribution in [0.25, 0.3) is 0 Å². The zero-order valence-electron chi connectivity index (χ0n) is 23.2. The molecule has 4 bridgehead atoms. The average Bonchev–Trinajstić information content (AvgIpc) is 2.88. The van der Waals surface area contributed by atoms with Gasteiger partial charge in [0.1, 0.15) is 12.4 Å². The largest absolute Gasteiger partial charge is 0.489 e. The lowest BCUT2D eigenvalue weighted by Gasteiger charge is -2.61. The Morgan fingerprint density at radius 1 is 0.975 bits per heavy atom. The Morgan fingerprint density at radius 3 is 2.35 bits per heavy atom. The summed E-state index contributed by atoms with van der Waals surface area (Å²) in [5.74, 6) is -0.174. The van der Waals surface area contributed by atoms with Gasteiger partial charge in [-0.25, -0.2) is 0 Å². The van der Waals surface area contributed by atoms with Crippen LogP contribution in [0.2, 0.25) is 0 Å². The molecule has 4 aliphatic rings. The van der Waals surface area contributed by atoms with Gasteiger partial charge >= 0.3 is 12.1 Å². The Balaban J connectivity index is 1.29. The molecule has 0 aliphatic heterocycles. The third-order valence-corrected chi connectivity index (χ3v) is 9.07. The van der Waals surface area contributed by atoms with Crippen molar-refractivity contribution in [3.05, 3.63) is 58.7 Å². The third-order valence-electron chi connectivity index (χ3n) is 9.07. The van der Waals surface area contributed by atoms with Crippen molar-refractivity contribution in [2.24, 2.45) is 17.3 Å². The Hall–Kier alpha value is -3.07. The monoisotopic (exact) mass is 559 g/mol. The van der Waals surface area contributed by atoms with Gasteiger partial charge < -0.3 is 19.5 Å². The number of carbonyl (C=O) groups is 2. The summed E-state index contributed by atoms with van der Waals surface area (Å²) in [7, 11) is 1.47. The van der Waals surface area contributed by atoms with E-state index in [4.69, 9.17) is 14.2 Å². The van der Waals surface area contributed by atoms with Crippen molar-refractivity contribution in [1.82, 2.24) is 0 Å². The molecular formula is C31H36F3NO5. The number of methoxy groups -OCH3 is 1. The molecule has 216 valence electrons. The maximum absolute atomic E-state index is 13.6. The number of anilines is 1. The first-order chi connectivity index (χ1) is 18.9. The number of hydrogen-bond acceptors (Lipinski definition) is 5. The molecule has 6 rings (SSSR count). The van der Waals surface area contributed by atoms with Crippen molar-refractivity contribution in [3.63, 3.8) is 0 Å². The standard InChI is InChI=1S/C31H36F3NO5/c1-19-4-5-23(10-20(19)2)29-13-21-11-22(14-29)16-30(15-21,18-29)28(37)40-17-27(36)35-25-12-24(31(32,33)34)6-7-26(25)39-9-8-38-3/h4-7,10,12,21-22H,8-9,11,13-18H2,1-3H3,(H,35,36). The summed E-state index contributed by atoms with van der Waals surface area (Å²) in [6, 6.07) is 9.46. The summed E-state index contributed by atoms with van der Waals surface area (Å²) in [6.07, 6.45) is 0.834. The van der Waals surface area contributed by atoms with E-state index in [0.717, 1.165) is 50.3 Å². The van der Waals surface area contributed by atoms with Crippen molar-refractivity contribution in [2.75, 3.05) is 32.2 Å². The SMILES string of the molecule is COCCOc1ccc(C(F)(F)F)cc1NC(=O)COC(=O)C12CC3CC(C1)CC(c1ccc(C)c(C)c1)(C3)C2. The first-order valence-corrected chi connectivity index (χ1v) is 13.8. The van der Waals surface area contributed by atoms with Gasteiger partial charge in [-0.3, -0.25) is 9.59 Å². The van der Waals surface area contributed by atoms with Crippen LogP contribution in [-0.4, -0.2) is 38.8 Å². The molecule has 4 fully saturated rings. The number of benzene rings is 2. The predicted molar refractivity (Wildman–Crippen MR) is 143 cm³/mol. The van der Waals surface area contributed by atoms with Gasteiger partial charge in [0, 0.05) is 7.11 Å². The van der Waals surface area contributed by atoms with E-state index in [1.165, 1.54) is 23.8 Å². The van der Waals surface area contributed by atoms with Crippen LogP contribution in [0.3, 0.4) is 0 Å². The number of nitrogens with one attached hydrogen (secondary N) is 1. The smallest absolute Gasteiger partial charge is 0.416 e. The topological polar surface area (TPSA) is 73.9 Å². The highest BCUT2D eigenvalue weighted by Crippen LogP contribution is 2.66. The summed E-state index contributed by atoms with van der Waals surface area (Å²) in [5, 5.41) is 2.44. The van der Waals surface area contributed by atoms with Crippen LogP contribution in [0.15, 0.2) is 36.4 Å². The molecule has 2 aromatic carbocycles. The minimum Gasteiger partial charge on any atom is -0.489 e. The first-order valence-electron chi connectivity index (χ1n) is 13.8. The fourth-order valence-electron chi connectivity index (χ4n) is 7.55. The molecular weight excluding hydrogens is 523 g/mol. The highest BCUT2D eigenvalue weighted by molar-refractivity contribution is 5.94. The number of carbonyl (C=O) groups excluding carboxylic acids is 2. The molecule has 2 aromatic rings. The second-order valence-corrected chi connectivity index (χ2v) is 12.0. The predicted octanol–water partition coefficient (Wildman–Crippen LogP) is 6.37. The lowest BCUT2D eigenvalue weighted by atomic mass is 9.43. The normalized spacial score (nSPS) is 26.9. The van der Waals surface area contributed by atoms with E-state index in [1.54, 1.807) is 0 Å². The van der Waals surface area contributed by atoms with E-state index in [2.05, 4.69) is 37.4 Å². The van der Waals surface area contributed by atoms with Gasteiger partial charge in [-0.05, 0) is 105 Å². The molecule has 0 heterocycles. The van der Waals surface area contributed by atoms with Gasteiger partial charge in [-0.2, -0.15) is 13.2 Å². The van der Waals surface area contributed by atoms with Gasteiger partial charge in [0.2, 0.25) is 0 Å². The number of halogens is 3. The van der Waals surface area contributed by atoms with Crippen molar-refractivity contribution in [1.29, 1.82) is 0 Å². The van der Waals surface area contributed by atoms with E-state index in [9.17, 15) is 22.8 Å². The molecule has 2 unspecified atom stereocenters. The lowest BCUT2D eigenvalue weighted by molar-refractivity contribution is -0.175. The van der Waals surface area contributed by atoms with Crippen molar-refractivity contribution >= 4 is 17.6 Å². The molecule has 0 aromatic heterocycles. The fourth-order valence-corrected chi connectivity index (χ4v) is 7.55. The zero-order chi connectivity index (χ0) is 28.7. The van der Waals surface area contributed by atoms with E-state index >= 15 is 0 Å². The summed E-state index contributed by atoms with van der Waals surface area (Å²) >= 11 is 0. The van der Waals surface area contributed by atoms with Gasteiger partial charge in [0.15, 0.2) is 6.61 Å². The molecule has 2 atom stereocenters. The number of alkyl halides is 3. The number of hydrogen-bond donors (Lipinski definition) is 1. The fraction of sp³-hybridized carbons (Fsp3) is 0.548. The van der Waals surface area contributed by atoms with Crippen molar-refractivity contribution in [2.45, 2.75) is 64.0 Å². The molecule has 0 spiro atoms. The third kappa shape index (κ3) is 5.57. The minimum absolute atomic E-state index is 0.0705. The zero-order valence-corrected chi connectivity index (χ0v) is 23.2. The summed E-state index contributed by atoms with van der Waals surface area (Å²) in [5.41, 5.74) is 1.97. The van der Waals surface area contributed by atoms with Crippen LogP contribution < -0.4 is 10.1 Å². The summed E-state index contributed by atoms with van der Waals surface area (Å²) < 4.78 is 55.9. The minimum atomic E-state index is -4.60. The van der Waals surface area contributed by atoms with Crippen LogP contribution in [0, 0.1) is 31.1 Å². The Bertz CT molecular complexity index is 1280. The molecule has 40 heavy (non-hydrogen) atoms. The number of aryl methyl sites for hydroxylation is 2. The van der Waals surface area contributed by atoms with Crippen LogP contribution in [-0.2, 0) is 30.7 Å². The Kier molecular flexibility index (Phi) is 7.63. The van der Waals surface area contributed by atoms with Crippen LogP contribution in [0.4, 0.5) is 18.9 Å². The van der Waals surface area contributed by atoms with Gasteiger partial charge in [-0.15, -0.1) is 0 Å². The molecule has 0 radical (unpaired) electrons. The maximum atomic E-state index is 13.6. The number of rotatable bonds is 9. The number of amides is 1. The van der Waals surface area contributed by atoms with Crippen LogP contribution >= 0.6 is 0 Å². The van der Waals surface area contributed by atoms with Gasteiger partial charge in [0.05, 0.1) is 23.3 Å². The molecule has 1 amide bonds. The average molecular weight is 560 g/mol. The lowest BCUT2D eigenvalue weighted by Crippen LogP contribution is -2.57. The van der Waals surface area contributed by atoms with Gasteiger partial charge in [-0.1, -0.05) is 18.2 Å². The molecule has 4 saturated carbocycles. The number of ether oxygens (including phenoxy) is 3. The first kappa shape index (κ1) is 28.5. The number of esters is 1.